The van der Waals surface area contributed by atoms with Gasteiger partial charge in [-0.2, -0.15) is 5.06 Å². The molecule has 1 fully saturated rings. The van der Waals surface area contributed by atoms with Crippen LogP contribution in [0.5, 0.6) is 5.75 Å². The van der Waals surface area contributed by atoms with Crippen molar-refractivity contribution in [2.75, 3.05) is 5.06 Å². The molecular formula is C15H11BrN2O3. The zero-order valence-corrected chi connectivity index (χ0v) is 12.5. The Labute approximate surface area is 128 Å². The molecule has 1 unspecified atom stereocenters. The van der Waals surface area contributed by atoms with Crippen molar-refractivity contribution in [2.24, 2.45) is 0 Å². The lowest BCUT2D eigenvalue weighted by Gasteiger charge is -2.29. The van der Waals surface area contributed by atoms with Crippen molar-refractivity contribution in [3.8, 4) is 5.75 Å². The number of hydrogen-bond acceptors (Lipinski definition) is 4. The van der Waals surface area contributed by atoms with Crippen LogP contribution >= 0.6 is 15.9 Å². The van der Waals surface area contributed by atoms with Gasteiger partial charge in [-0.15, -0.1) is 0 Å². The third-order valence-electron chi connectivity index (χ3n) is 3.85. The topological polar surface area (TPSA) is 58.6 Å². The van der Waals surface area contributed by atoms with E-state index in [1.165, 1.54) is 0 Å². The van der Waals surface area contributed by atoms with Crippen molar-refractivity contribution in [1.29, 1.82) is 0 Å². The number of carbonyl (C=O) groups is 2. The Morgan fingerprint density at radius 2 is 2.10 bits per heavy atom. The number of hydroxylamine groups is 1. The number of piperidine rings is 1. The van der Waals surface area contributed by atoms with Crippen LogP contribution in [0.2, 0.25) is 0 Å². The minimum absolute atomic E-state index is 0.228. The molecule has 106 valence electrons. The average molecular weight is 347 g/mol. The summed E-state index contributed by atoms with van der Waals surface area (Å²) in [6.45, 7) is 0. The van der Waals surface area contributed by atoms with E-state index in [2.05, 4.69) is 21.2 Å². The third kappa shape index (κ3) is 1.82. The Morgan fingerprint density at radius 3 is 2.90 bits per heavy atom. The van der Waals surface area contributed by atoms with Gasteiger partial charge < -0.3 is 4.84 Å². The lowest BCUT2D eigenvalue weighted by Crippen LogP contribution is -2.53. The molecule has 6 heteroatoms. The standard InChI is InChI=1S/C15H11BrN2O3/c16-9-4-6-12-14-8(9)2-1-3-10(14)18(21-12)11-5-7-13(19)17-15(11)20/h1-4,6,11H,5,7H2,(H,17,19,20). The Morgan fingerprint density at radius 1 is 1.24 bits per heavy atom. The minimum Gasteiger partial charge on any atom is -0.378 e. The van der Waals surface area contributed by atoms with Gasteiger partial charge in [0.05, 0.1) is 11.1 Å². The summed E-state index contributed by atoms with van der Waals surface area (Å²) in [5.41, 5.74) is 0.860. The summed E-state index contributed by atoms with van der Waals surface area (Å²) in [5.74, 6) is 0.192. The summed E-state index contributed by atoms with van der Waals surface area (Å²) in [7, 11) is 0. The molecule has 2 amide bonds. The Bertz CT molecular complexity index is 790. The van der Waals surface area contributed by atoms with Gasteiger partial charge in [0, 0.05) is 16.3 Å². The highest BCUT2D eigenvalue weighted by atomic mass is 79.9. The third-order valence-corrected chi connectivity index (χ3v) is 4.55. The van der Waals surface area contributed by atoms with Gasteiger partial charge in [-0.25, -0.2) is 0 Å². The first-order chi connectivity index (χ1) is 10.1. The fourth-order valence-corrected chi connectivity index (χ4v) is 3.33. The number of carbonyl (C=O) groups excluding carboxylic acids is 2. The summed E-state index contributed by atoms with van der Waals surface area (Å²) < 4.78 is 0.983. The maximum atomic E-state index is 12.1. The van der Waals surface area contributed by atoms with E-state index < -0.39 is 6.04 Å². The van der Waals surface area contributed by atoms with Crippen molar-refractivity contribution in [1.82, 2.24) is 5.32 Å². The van der Waals surface area contributed by atoms with Crippen molar-refractivity contribution in [3.63, 3.8) is 0 Å². The van der Waals surface area contributed by atoms with Crippen LogP contribution in [-0.4, -0.2) is 17.9 Å². The van der Waals surface area contributed by atoms with Crippen LogP contribution in [0.3, 0.4) is 0 Å². The fraction of sp³-hybridized carbons (Fsp3) is 0.200. The molecule has 1 saturated heterocycles. The minimum atomic E-state index is -0.487. The van der Waals surface area contributed by atoms with Crippen LogP contribution in [0.4, 0.5) is 5.69 Å². The molecule has 2 heterocycles. The van der Waals surface area contributed by atoms with Gasteiger partial charge in [-0.1, -0.05) is 28.1 Å². The molecule has 21 heavy (non-hydrogen) atoms. The molecule has 2 aliphatic rings. The molecule has 0 radical (unpaired) electrons. The first-order valence-electron chi connectivity index (χ1n) is 6.67. The molecular weight excluding hydrogens is 336 g/mol. The summed E-state index contributed by atoms with van der Waals surface area (Å²) >= 11 is 3.53. The van der Waals surface area contributed by atoms with Crippen molar-refractivity contribution in [2.45, 2.75) is 18.9 Å². The van der Waals surface area contributed by atoms with Crippen molar-refractivity contribution < 1.29 is 14.4 Å². The largest absolute Gasteiger partial charge is 0.378 e. The number of hydrogen-bond donors (Lipinski definition) is 1. The van der Waals surface area contributed by atoms with Gasteiger partial charge in [-0.3, -0.25) is 14.9 Å². The molecule has 0 saturated carbocycles. The molecule has 2 aliphatic heterocycles. The fourth-order valence-electron chi connectivity index (χ4n) is 2.87. The average Bonchev–Trinajstić information content (AvgIpc) is 2.83. The van der Waals surface area contributed by atoms with Crippen LogP contribution < -0.4 is 15.2 Å². The van der Waals surface area contributed by atoms with E-state index in [9.17, 15) is 9.59 Å². The monoisotopic (exact) mass is 346 g/mol. The number of nitrogens with one attached hydrogen (secondary N) is 1. The van der Waals surface area contributed by atoms with E-state index in [1.807, 2.05) is 30.3 Å². The first-order valence-corrected chi connectivity index (χ1v) is 7.46. The van der Waals surface area contributed by atoms with Crippen LogP contribution in [0, 0.1) is 0 Å². The molecule has 5 nitrogen and oxygen atoms in total. The summed E-state index contributed by atoms with van der Waals surface area (Å²) in [5, 5.41) is 6.01. The van der Waals surface area contributed by atoms with Crippen LogP contribution in [0.15, 0.2) is 34.8 Å². The molecule has 0 spiro atoms. The van der Waals surface area contributed by atoms with E-state index in [0.717, 1.165) is 26.7 Å². The predicted molar refractivity (Wildman–Crippen MR) is 80.9 cm³/mol. The summed E-state index contributed by atoms with van der Waals surface area (Å²) in [4.78, 5) is 29.2. The Balaban J connectivity index is 1.81. The number of anilines is 1. The van der Waals surface area contributed by atoms with Gasteiger partial charge in [0.15, 0.2) is 5.75 Å². The number of halogens is 1. The highest BCUT2D eigenvalue weighted by Gasteiger charge is 2.37. The lowest BCUT2D eigenvalue weighted by molar-refractivity contribution is -0.134. The Kier molecular flexibility index (Phi) is 2.68. The van der Waals surface area contributed by atoms with Crippen LogP contribution in [0.1, 0.15) is 12.8 Å². The number of imide groups is 1. The lowest BCUT2D eigenvalue weighted by atomic mass is 10.0. The maximum absolute atomic E-state index is 12.1. The molecule has 4 rings (SSSR count). The van der Waals surface area contributed by atoms with Crippen LogP contribution in [-0.2, 0) is 9.59 Å². The second-order valence-corrected chi connectivity index (χ2v) is 5.98. The van der Waals surface area contributed by atoms with E-state index in [0.29, 0.717) is 12.8 Å². The SMILES string of the molecule is O=C1CCC(N2Oc3ccc(Br)c4cccc2c34)C(=O)N1. The van der Waals surface area contributed by atoms with Crippen molar-refractivity contribution in [3.05, 3.63) is 34.8 Å². The van der Waals surface area contributed by atoms with Gasteiger partial charge in [0.1, 0.15) is 6.04 Å². The normalized spacial score (nSPS) is 20.6. The van der Waals surface area contributed by atoms with Gasteiger partial charge in [0.25, 0.3) is 5.91 Å². The smallest absolute Gasteiger partial charge is 0.252 e. The highest BCUT2D eigenvalue weighted by molar-refractivity contribution is 9.10. The quantitative estimate of drug-likeness (QED) is 0.806. The number of amides is 2. The molecule has 1 atom stereocenters. The Hall–Kier alpha value is -2.08. The van der Waals surface area contributed by atoms with Gasteiger partial charge in [0.2, 0.25) is 5.91 Å². The molecule has 0 aliphatic carbocycles. The summed E-state index contributed by atoms with van der Waals surface area (Å²) in [6.07, 6.45) is 0.780. The highest BCUT2D eigenvalue weighted by Crippen LogP contribution is 2.44. The summed E-state index contributed by atoms with van der Waals surface area (Å²) in [6, 6.07) is 9.18. The molecule has 2 aromatic rings. The zero-order valence-electron chi connectivity index (χ0n) is 10.9. The molecule has 2 aromatic carbocycles. The second kappa shape index (κ2) is 4.46. The first kappa shape index (κ1) is 12.6. The number of benzene rings is 2. The van der Waals surface area contributed by atoms with E-state index >= 15 is 0 Å². The van der Waals surface area contributed by atoms with E-state index in [4.69, 9.17) is 4.84 Å². The second-order valence-electron chi connectivity index (χ2n) is 5.13. The maximum Gasteiger partial charge on any atom is 0.252 e. The molecule has 1 N–H and O–H groups in total. The molecule has 0 aromatic heterocycles. The van der Waals surface area contributed by atoms with Crippen LogP contribution in [0.25, 0.3) is 10.8 Å². The zero-order chi connectivity index (χ0) is 14.6. The van der Waals surface area contributed by atoms with Crippen molar-refractivity contribution >= 4 is 44.2 Å². The number of nitrogens with zero attached hydrogens (tertiary/aromatic N) is 1. The predicted octanol–water partition coefficient (Wildman–Crippen LogP) is 2.52. The van der Waals surface area contributed by atoms with Gasteiger partial charge in [-0.05, 0) is 24.6 Å². The molecule has 0 bridgehead atoms. The van der Waals surface area contributed by atoms with Gasteiger partial charge >= 0.3 is 0 Å². The number of rotatable bonds is 1. The van der Waals surface area contributed by atoms with E-state index in [1.54, 1.807) is 5.06 Å². The van der Waals surface area contributed by atoms with E-state index in [-0.39, 0.29) is 11.8 Å².